The van der Waals surface area contributed by atoms with E-state index in [0.717, 1.165) is 42.0 Å². The van der Waals surface area contributed by atoms with Crippen molar-refractivity contribution in [1.29, 1.82) is 0 Å². The van der Waals surface area contributed by atoms with Crippen molar-refractivity contribution in [2.75, 3.05) is 13.1 Å². The molecule has 1 saturated heterocycles. The lowest BCUT2D eigenvalue weighted by atomic mass is 9.94. The maximum Gasteiger partial charge on any atom is 0.325 e. The van der Waals surface area contributed by atoms with Crippen molar-refractivity contribution in [2.45, 2.75) is 45.6 Å². The molecule has 0 unspecified atom stereocenters. The Labute approximate surface area is 145 Å². The number of piperidine rings is 1. The van der Waals surface area contributed by atoms with Crippen molar-refractivity contribution in [2.24, 2.45) is 0 Å². The monoisotopic (exact) mass is 345 g/mol. The van der Waals surface area contributed by atoms with E-state index in [4.69, 9.17) is 5.11 Å². The van der Waals surface area contributed by atoms with Gasteiger partial charge in [-0.1, -0.05) is 0 Å². The highest BCUT2D eigenvalue weighted by Crippen LogP contribution is 2.27. The molecule has 2 N–H and O–H groups in total. The lowest BCUT2D eigenvalue weighted by Crippen LogP contribution is -2.40. The van der Waals surface area contributed by atoms with Crippen LogP contribution in [0.15, 0.2) is 12.3 Å². The van der Waals surface area contributed by atoms with Crippen molar-refractivity contribution in [3.05, 3.63) is 34.9 Å². The third kappa shape index (κ3) is 3.72. The number of carbonyl (C=O) groups is 2. The summed E-state index contributed by atoms with van der Waals surface area (Å²) < 4.78 is 1.52. The highest BCUT2D eigenvalue weighted by atomic mass is 16.4. The smallest absolute Gasteiger partial charge is 0.325 e. The van der Waals surface area contributed by atoms with E-state index < -0.39 is 5.97 Å². The zero-order valence-corrected chi connectivity index (χ0v) is 14.5. The number of nitrogens with one attached hydrogen (secondary N) is 1. The topological polar surface area (TPSA) is 104 Å². The van der Waals surface area contributed by atoms with Crippen LogP contribution in [-0.2, 0) is 22.6 Å². The van der Waals surface area contributed by atoms with Crippen LogP contribution in [0.2, 0.25) is 0 Å². The Hall–Kier alpha value is -2.64. The third-order valence-corrected chi connectivity index (χ3v) is 4.84. The Morgan fingerprint density at radius 3 is 2.88 bits per heavy atom. The van der Waals surface area contributed by atoms with Gasteiger partial charge in [-0.3, -0.25) is 19.4 Å². The second kappa shape index (κ2) is 7.08. The number of amides is 1. The van der Waals surface area contributed by atoms with Gasteiger partial charge in [-0.25, -0.2) is 0 Å². The molecule has 25 heavy (non-hydrogen) atoms. The van der Waals surface area contributed by atoms with Crippen molar-refractivity contribution in [1.82, 2.24) is 24.9 Å². The van der Waals surface area contributed by atoms with E-state index in [1.165, 1.54) is 4.68 Å². The quantitative estimate of drug-likeness (QED) is 0.849. The van der Waals surface area contributed by atoms with Crippen molar-refractivity contribution in [3.63, 3.8) is 0 Å². The fraction of sp³-hybridized carbons (Fsp3) is 0.529. The van der Waals surface area contributed by atoms with Crippen LogP contribution in [0.4, 0.5) is 0 Å². The van der Waals surface area contributed by atoms with Crippen molar-refractivity contribution < 1.29 is 14.7 Å². The molecule has 134 valence electrons. The predicted octanol–water partition coefficient (Wildman–Crippen LogP) is 1.26. The van der Waals surface area contributed by atoms with Crippen LogP contribution in [-0.4, -0.2) is 55.0 Å². The number of carboxylic acid groups (broad SMARTS) is 1. The number of aliphatic carboxylic acids is 1. The summed E-state index contributed by atoms with van der Waals surface area (Å²) in [6.07, 6.45) is 3.80. The Kier molecular flexibility index (Phi) is 4.87. The van der Waals surface area contributed by atoms with E-state index in [0.29, 0.717) is 13.0 Å². The highest BCUT2D eigenvalue weighted by molar-refractivity contribution is 5.79. The summed E-state index contributed by atoms with van der Waals surface area (Å²) >= 11 is 0. The minimum Gasteiger partial charge on any atom is -0.480 e. The zero-order chi connectivity index (χ0) is 18.0. The summed E-state index contributed by atoms with van der Waals surface area (Å²) in [5.74, 6) is -0.715. The number of H-pyrrole nitrogens is 1. The third-order valence-electron chi connectivity index (χ3n) is 4.84. The number of aromatic amines is 1. The lowest BCUT2D eigenvalue weighted by molar-refractivity contribution is -0.138. The number of nitrogens with zero attached hydrogens (tertiary/aromatic N) is 4. The van der Waals surface area contributed by atoms with E-state index in [9.17, 15) is 9.59 Å². The Morgan fingerprint density at radius 2 is 2.20 bits per heavy atom. The van der Waals surface area contributed by atoms with Gasteiger partial charge in [0.15, 0.2) is 0 Å². The van der Waals surface area contributed by atoms with Crippen LogP contribution >= 0.6 is 0 Å². The summed E-state index contributed by atoms with van der Waals surface area (Å²) in [4.78, 5) is 25.6. The van der Waals surface area contributed by atoms with Gasteiger partial charge in [0.1, 0.15) is 6.54 Å². The largest absolute Gasteiger partial charge is 0.480 e. The number of aromatic nitrogens is 4. The molecule has 2 aromatic heterocycles. The molecule has 3 heterocycles. The van der Waals surface area contributed by atoms with Crippen LogP contribution in [0, 0.1) is 13.8 Å². The first-order valence-electron chi connectivity index (χ1n) is 8.47. The molecule has 0 spiro atoms. The summed E-state index contributed by atoms with van der Waals surface area (Å²) in [5.41, 5.74) is 3.64. The standard InChI is InChI=1S/C17H23N5O3/c1-11-14(12(2)20-19-11)8-16(23)21-7-3-4-13(9-21)15-5-6-18-22(15)10-17(24)25/h5-6,13H,3-4,7-10H2,1-2H3,(H,19,20)(H,24,25)/t13-/m1/s1. The summed E-state index contributed by atoms with van der Waals surface area (Å²) in [5, 5.41) is 20.2. The van der Waals surface area contributed by atoms with Gasteiger partial charge in [-0.2, -0.15) is 10.2 Å². The van der Waals surface area contributed by atoms with Crippen LogP contribution in [0.1, 0.15) is 41.4 Å². The summed E-state index contributed by atoms with van der Waals surface area (Å²) in [7, 11) is 0. The van der Waals surface area contributed by atoms with E-state index >= 15 is 0 Å². The van der Waals surface area contributed by atoms with Gasteiger partial charge in [0.2, 0.25) is 5.91 Å². The predicted molar refractivity (Wildman–Crippen MR) is 90.2 cm³/mol. The molecule has 3 rings (SSSR count). The molecule has 8 nitrogen and oxygen atoms in total. The lowest BCUT2D eigenvalue weighted by Gasteiger charge is -2.33. The molecule has 1 fully saturated rings. The van der Waals surface area contributed by atoms with Crippen LogP contribution in [0.25, 0.3) is 0 Å². The molecule has 2 aromatic rings. The van der Waals surface area contributed by atoms with Gasteiger partial charge in [0.25, 0.3) is 0 Å². The molecule has 0 aromatic carbocycles. The number of carbonyl (C=O) groups excluding carboxylic acids is 1. The second-order valence-corrected chi connectivity index (χ2v) is 6.58. The number of aryl methyl sites for hydroxylation is 2. The molecule has 1 amide bonds. The maximum atomic E-state index is 12.7. The van der Waals surface area contributed by atoms with E-state index in [-0.39, 0.29) is 18.4 Å². The van der Waals surface area contributed by atoms with E-state index in [1.54, 1.807) is 6.20 Å². The molecule has 8 heteroatoms. The highest BCUT2D eigenvalue weighted by Gasteiger charge is 2.27. The number of likely N-dealkylation sites (tertiary alicyclic amines) is 1. The molecule has 1 aliphatic rings. The van der Waals surface area contributed by atoms with Crippen LogP contribution < -0.4 is 0 Å². The molecule has 0 saturated carbocycles. The Morgan fingerprint density at radius 1 is 1.40 bits per heavy atom. The average Bonchev–Trinajstić information content (AvgIpc) is 3.16. The fourth-order valence-corrected chi connectivity index (χ4v) is 3.49. The summed E-state index contributed by atoms with van der Waals surface area (Å²) in [6.45, 7) is 5.00. The van der Waals surface area contributed by atoms with Gasteiger partial charge >= 0.3 is 5.97 Å². The molecular weight excluding hydrogens is 322 g/mol. The molecule has 1 atom stereocenters. The number of hydrogen-bond acceptors (Lipinski definition) is 4. The molecule has 0 radical (unpaired) electrons. The number of carboxylic acids is 1. The first kappa shape index (κ1) is 17.2. The second-order valence-electron chi connectivity index (χ2n) is 6.58. The molecular formula is C17H23N5O3. The summed E-state index contributed by atoms with van der Waals surface area (Å²) in [6, 6.07) is 1.85. The molecule has 1 aliphatic heterocycles. The van der Waals surface area contributed by atoms with Gasteiger partial charge in [0, 0.05) is 42.2 Å². The minimum absolute atomic E-state index is 0.0848. The van der Waals surface area contributed by atoms with Crippen LogP contribution in [0.3, 0.4) is 0 Å². The van der Waals surface area contributed by atoms with Crippen molar-refractivity contribution >= 4 is 11.9 Å². The average molecular weight is 345 g/mol. The zero-order valence-electron chi connectivity index (χ0n) is 14.5. The van der Waals surface area contributed by atoms with E-state index in [1.807, 2.05) is 24.8 Å². The number of hydrogen-bond donors (Lipinski definition) is 2. The van der Waals surface area contributed by atoms with Gasteiger partial charge < -0.3 is 10.0 Å². The van der Waals surface area contributed by atoms with Gasteiger partial charge in [-0.15, -0.1) is 0 Å². The SMILES string of the molecule is Cc1n[nH]c(C)c1CC(=O)N1CCC[C@@H](c2ccnn2CC(=O)O)C1. The normalized spacial score (nSPS) is 17.7. The molecule has 0 aliphatic carbocycles. The van der Waals surface area contributed by atoms with Crippen LogP contribution in [0.5, 0.6) is 0 Å². The van der Waals surface area contributed by atoms with Gasteiger partial charge in [0.05, 0.1) is 12.1 Å². The maximum absolute atomic E-state index is 12.7. The van der Waals surface area contributed by atoms with Gasteiger partial charge in [-0.05, 0) is 32.8 Å². The fourth-order valence-electron chi connectivity index (χ4n) is 3.49. The van der Waals surface area contributed by atoms with E-state index in [2.05, 4.69) is 15.3 Å². The Balaban J connectivity index is 1.70. The first-order chi connectivity index (χ1) is 12.0. The Bertz CT molecular complexity index is 760. The minimum atomic E-state index is -0.917. The molecule has 0 bridgehead atoms. The first-order valence-corrected chi connectivity index (χ1v) is 8.47. The van der Waals surface area contributed by atoms with Crippen molar-refractivity contribution in [3.8, 4) is 0 Å². The number of rotatable bonds is 5.